The molecule has 1 amide bonds. The molecular formula is C15H23NO. The number of para-hydroxylation sites is 1. The Labute approximate surface area is 104 Å². The minimum atomic E-state index is 0.0434. The standard InChI is InChI=1S/C15H23NO/c1-11(2)10-14(17)16-13-9-7-6-8-12(13)15(3,4)5/h6-9,11H,10H2,1-5H3,(H,16,17). The summed E-state index contributed by atoms with van der Waals surface area (Å²) in [6.07, 6.45) is 0.568. The van der Waals surface area contributed by atoms with Crippen LogP contribution in [0.4, 0.5) is 5.69 Å². The van der Waals surface area contributed by atoms with Crippen molar-refractivity contribution >= 4 is 11.6 Å². The molecule has 0 spiro atoms. The van der Waals surface area contributed by atoms with E-state index in [4.69, 9.17) is 0 Å². The van der Waals surface area contributed by atoms with Crippen molar-refractivity contribution in [1.29, 1.82) is 0 Å². The van der Waals surface area contributed by atoms with Gasteiger partial charge in [-0.05, 0) is 23.0 Å². The fourth-order valence-electron chi connectivity index (χ4n) is 1.82. The van der Waals surface area contributed by atoms with Crippen LogP contribution in [0.15, 0.2) is 24.3 Å². The molecule has 1 rings (SSSR count). The van der Waals surface area contributed by atoms with Gasteiger partial charge in [-0.2, -0.15) is 0 Å². The number of hydrogen-bond donors (Lipinski definition) is 1. The van der Waals surface area contributed by atoms with E-state index in [1.54, 1.807) is 0 Å². The second-order valence-corrected chi connectivity index (χ2v) is 5.94. The molecule has 0 aliphatic carbocycles. The lowest BCUT2D eigenvalue weighted by Crippen LogP contribution is -2.19. The van der Waals surface area contributed by atoms with E-state index in [0.29, 0.717) is 12.3 Å². The number of anilines is 1. The molecule has 17 heavy (non-hydrogen) atoms. The summed E-state index contributed by atoms with van der Waals surface area (Å²) < 4.78 is 0. The van der Waals surface area contributed by atoms with Crippen LogP contribution in [0.1, 0.15) is 46.6 Å². The quantitative estimate of drug-likeness (QED) is 0.841. The normalized spacial score (nSPS) is 11.6. The lowest BCUT2D eigenvalue weighted by Gasteiger charge is -2.23. The lowest BCUT2D eigenvalue weighted by molar-refractivity contribution is -0.116. The molecule has 0 aromatic heterocycles. The Morgan fingerprint density at radius 3 is 2.35 bits per heavy atom. The van der Waals surface area contributed by atoms with E-state index in [0.717, 1.165) is 5.69 Å². The van der Waals surface area contributed by atoms with Gasteiger partial charge in [0.15, 0.2) is 0 Å². The number of carbonyl (C=O) groups excluding carboxylic acids is 1. The first-order valence-corrected chi connectivity index (χ1v) is 6.20. The average molecular weight is 233 g/mol. The van der Waals surface area contributed by atoms with Crippen LogP contribution < -0.4 is 5.32 Å². The second kappa shape index (κ2) is 5.35. The summed E-state index contributed by atoms with van der Waals surface area (Å²) in [6, 6.07) is 8.02. The maximum absolute atomic E-state index is 11.8. The van der Waals surface area contributed by atoms with Crippen molar-refractivity contribution < 1.29 is 4.79 Å². The van der Waals surface area contributed by atoms with Crippen LogP contribution >= 0.6 is 0 Å². The highest BCUT2D eigenvalue weighted by molar-refractivity contribution is 5.91. The number of nitrogens with one attached hydrogen (secondary N) is 1. The van der Waals surface area contributed by atoms with Crippen molar-refractivity contribution in [3.8, 4) is 0 Å². The fraction of sp³-hybridized carbons (Fsp3) is 0.533. The Morgan fingerprint density at radius 1 is 1.24 bits per heavy atom. The highest BCUT2D eigenvalue weighted by Crippen LogP contribution is 2.29. The molecule has 0 radical (unpaired) electrons. The summed E-state index contributed by atoms with van der Waals surface area (Å²) in [5, 5.41) is 3.01. The van der Waals surface area contributed by atoms with Crippen molar-refractivity contribution in [2.45, 2.75) is 46.5 Å². The van der Waals surface area contributed by atoms with Crippen LogP contribution in [0.3, 0.4) is 0 Å². The van der Waals surface area contributed by atoms with Gasteiger partial charge in [0.05, 0.1) is 0 Å². The molecular weight excluding hydrogens is 210 g/mol. The summed E-state index contributed by atoms with van der Waals surface area (Å²) >= 11 is 0. The maximum Gasteiger partial charge on any atom is 0.224 e. The van der Waals surface area contributed by atoms with Gasteiger partial charge >= 0.3 is 0 Å². The number of benzene rings is 1. The number of hydrogen-bond acceptors (Lipinski definition) is 1. The topological polar surface area (TPSA) is 29.1 Å². The highest BCUT2D eigenvalue weighted by Gasteiger charge is 2.18. The summed E-state index contributed by atoms with van der Waals surface area (Å²) in [5.74, 6) is 0.480. The molecule has 2 heteroatoms. The van der Waals surface area contributed by atoms with Gasteiger partial charge in [-0.15, -0.1) is 0 Å². The van der Waals surface area contributed by atoms with Gasteiger partial charge in [-0.1, -0.05) is 52.8 Å². The zero-order chi connectivity index (χ0) is 13.1. The maximum atomic E-state index is 11.8. The zero-order valence-electron chi connectivity index (χ0n) is 11.5. The van der Waals surface area contributed by atoms with Gasteiger partial charge in [0.1, 0.15) is 0 Å². The van der Waals surface area contributed by atoms with Crippen LogP contribution in [-0.4, -0.2) is 5.91 Å². The smallest absolute Gasteiger partial charge is 0.224 e. The van der Waals surface area contributed by atoms with Crippen LogP contribution in [0.25, 0.3) is 0 Å². The van der Waals surface area contributed by atoms with Crippen LogP contribution in [0.5, 0.6) is 0 Å². The van der Waals surface area contributed by atoms with Crippen molar-refractivity contribution in [1.82, 2.24) is 0 Å². The van der Waals surface area contributed by atoms with E-state index in [2.05, 4.69) is 46.0 Å². The van der Waals surface area contributed by atoms with E-state index in [1.807, 2.05) is 18.2 Å². The largest absolute Gasteiger partial charge is 0.326 e. The first-order chi connectivity index (χ1) is 7.80. The monoisotopic (exact) mass is 233 g/mol. The van der Waals surface area contributed by atoms with Crippen LogP contribution in [-0.2, 0) is 10.2 Å². The van der Waals surface area contributed by atoms with Gasteiger partial charge in [0.25, 0.3) is 0 Å². The SMILES string of the molecule is CC(C)CC(=O)Nc1ccccc1C(C)(C)C. The number of rotatable bonds is 3. The zero-order valence-corrected chi connectivity index (χ0v) is 11.5. The van der Waals surface area contributed by atoms with E-state index >= 15 is 0 Å². The predicted molar refractivity (Wildman–Crippen MR) is 73.2 cm³/mol. The Kier molecular flexibility index (Phi) is 4.33. The molecule has 2 nitrogen and oxygen atoms in total. The molecule has 0 saturated heterocycles. The van der Waals surface area contributed by atoms with E-state index in [-0.39, 0.29) is 11.3 Å². The third-order valence-corrected chi connectivity index (χ3v) is 2.60. The molecule has 1 aromatic rings. The number of amides is 1. The first-order valence-electron chi connectivity index (χ1n) is 6.20. The lowest BCUT2D eigenvalue weighted by atomic mass is 9.86. The minimum Gasteiger partial charge on any atom is -0.326 e. The van der Waals surface area contributed by atoms with Gasteiger partial charge in [0, 0.05) is 12.1 Å². The molecule has 0 atom stereocenters. The summed E-state index contributed by atoms with van der Waals surface area (Å²) in [4.78, 5) is 11.8. The predicted octanol–water partition coefficient (Wildman–Crippen LogP) is 3.97. The third kappa shape index (κ3) is 4.22. The van der Waals surface area contributed by atoms with Crippen LogP contribution in [0.2, 0.25) is 0 Å². The Bertz CT molecular complexity index is 388. The molecule has 1 aromatic carbocycles. The van der Waals surface area contributed by atoms with Crippen molar-refractivity contribution in [2.24, 2.45) is 5.92 Å². The molecule has 1 N–H and O–H groups in total. The second-order valence-electron chi connectivity index (χ2n) is 5.94. The highest BCUT2D eigenvalue weighted by atomic mass is 16.1. The van der Waals surface area contributed by atoms with Gasteiger partial charge in [-0.3, -0.25) is 4.79 Å². The Hall–Kier alpha value is -1.31. The van der Waals surface area contributed by atoms with Crippen LogP contribution in [0, 0.1) is 5.92 Å². The van der Waals surface area contributed by atoms with Gasteiger partial charge < -0.3 is 5.32 Å². The molecule has 94 valence electrons. The van der Waals surface area contributed by atoms with E-state index in [9.17, 15) is 4.79 Å². The molecule has 0 bridgehead atoms. The fourth-order valence-corrected chi connectivity index (χ4v) is 1.82. The summed E-state index contributed by atoms with van der Waals surface area (Å²) in [6.45, 7) is 10.6. The van der Waals surface area contributed by atoms with Gasteiger partial charge in [-0.25, -0.2) is 0 Å². The minimum absolute atomic E-state index is 0.0434. The summed E-state index contributed by atoms with van der Waals surface area (Å²) in [5.41, 5.74) is 2.16. The average Bonchev–Trinajstić information content (AvgIpc) is 2.15. The van der Waals surface area contributed by atoms with E-state index in [1.165, 1.54) is 5.56 Å². The number of carbonyl (C=O) groups is 1. The van der Waals surface area contributed by atoms with Crippen molar-refractivity contribution in [3.05, 3.63) is 29.8 Å². The molecule has 0 fully saturated rings. The molecule has 0 heterocycles. The third-order valence-electron chi connectivity index (χ3n) is 2.60. The van der Waals surface area contributed by atoms with Gasteiger partial charge in [0.2, 0.25) is 5.91 Å². The first kappa shape index (κ1) is 13.8. The van der Waals surface area contributed by atoms with E-state index < -0.39 is 0 Å². The van der Waals surface area contributed by atoms with Crippen molar-refractivity contribution in [2.75, 3.05) is 5.32 Å². The molecule has 0 saturated carbocycles. The Morgan fingerprint density at radius 2 is 1.82 bits per heavy atom. The Balaban J connectivity index is 2.88. The molecule has 0 unspecified atom stereocenters. The summed E-state index contributed by atoms with van der Waals surface area (Å²) in [7, 11) is 0. The van der Waals surface area contributed by atoms with Crippen molar-refractivity contribution in [3.63, 3.8) is 0 Å². The molecule has 0 aliphatic heterocycles. The molecule has 0 aliphatic rings.